The van der Waals surface area contributed by atoms with Crippen LogP contribution >= 0.6 is 0 Å². The molecule has 1 heterocycles. The molecule has 1 aliphatic heterocycles. The molecule has 1 aliphatic rings. The summed E-state index contributed by atoms with van der Waals surface area (Å²) < 4.78 is 10.1. The van der Waals surface area contributed by atoms with Gasteiger partial charge in [-0.25, -0.2) is 0 Å². The summed E-state index contributed by atoms with van der Waals surface area (Å²) in [7, 11) is 0. The van der Waals surface area contributed by atoms with Crippen LogP contribution in [0.1, 0.15) is 26.7 Å². The molecule has 0 saturated carbocycles. The molecule has 0 saturated heterocycles. The Kier molecular flexibility index (Phi) is 4.37. The lowest BCUT2D eigenvalue weighted by atomic mass is 9.98. The Morgan fingerprint density at radius 1 is 1.47 bits per heavy atom. The van der Waals surface area contributed by atoms with Crippen molar-refractivity contribution in [2.45, 2.75) is 32.2 Å². The molecule has 0 unspecified atom stereocenters. The second-order valence-electron chi connectivity index (χ2n) is 4.43. The van der Waals surface area contributed by atoms with Gasteiger partial charge in [0.05, 0.1) is 0 Å². The minimum Gasteiger partial charge on any atom is -0.494 e. The van der Waals surface area contributed by atoms with Gasteiger partial charge in [-0.3, -0.25) is 9.59 Å². The molecule has 2 N–H and O–H groups in total. The standard InChI is InChI=1S/C11H17NO5/c1-11(2,4-3-9(13)14)12-10(15)8-7-16-5-6-17-8/h7H,3-6H2,1-2H3,(H,12,15)(H,13,14). The third-order valence-electron chi connectivity index (χ3n) is 2.29. The predicted octanol–water partition coefficient (Wildman–Crippen LogP) is 0.634. The number of rotatable bonds is 5. The maximum atomic E-state index is 11.7. The van der Waals surface area contributed by atoms with E-state index in [0.29, 0.717) is 19.6 Å². The van der Waals surface area contributed by atoms with E-state index >= 15 is 0 Å². The van der Waals surface area contributed by atoms with Gasteiger partial charge in [-0.15, -0.1) is 0 Å². The van der Waals surface area contributed by atoms with Crippen LogP contribution in [0.2, 0.25) is 0 Å². The lowest BCUT2D eigenvalue weighted by Crippen LogP contribution is -2.45. The van der Waals surface area contributed by atoms with E-state index in [1.807, 2.05) is 0 Å². The third-order valence-corrected chi connectivity index (χ3v) is 2.29. The minimum atomic E-state index is -0.885. The van der Waals surface area contributed by atoms with Crippen LogP contribution in [-0.2, 0) is 19.1 Å². The van der Waals surface area contributed by atoms with E-state index in [9.17, 15) is 9.59 Å². The van der Waals surface area contributed by atoms with E-state index in [4.69, 9.17) is 14.6 Å². The number of hydrogen-bond acceptors (Lipinski definition) is 4. The fourth-order valence-electron chi connectivity index (χ4n) is 1.34. The van der Waals surface area contributed by atoms with Gasteiger partial charge in [0.25, 0.3) is 5.91 Å². The van der Waals surface area contributed by atoms with Crippen molar-refractivity contribution in [2.24, 2.45) is 0 Å². The van der Waals surface area contributed by atoms with E-state index < -0.39 is 11.5 Å². The summed E-state index contributed by atoms with van der Waals surface area (Å²) in [5.41, 5.74) is -0.600. The second kappa shape index (κ2) is 5.56. The van der Waals surface area contributed by atoms with Crippen LogP contribution in [0.4, 0.5) is 0 Å². The molecule has 0 aromatic heterocycles. The first-order valence-electron chi connectivity index (χ1n) is 5.39. The van der Waals surface area contributed by atoms with Gasteiger partial charge in [0, 0.05) is 12.0 Å². The summed E-state index contributed by atoms with van der Waals surface area (Å²) in [6.07, 6.45) is 1.62. The Labute approximate surface area is 99.6 Å². The summed E-state index contributed by atoms with van der Waals surface area (Å²) in [5, 5.41) is 11.3. The highest BCUT2D eigenvalue weighted by molar-refractivity contribution is 5.91. The number of carbonyl (C=O) groups excluding carboxylic acids is 1. The SMILES string of the molecule is CC(C)(CCC(=O)O)NC(=O)C1=COCCO1. The predicted molar refractivity (Wildman–Crippen MR) is 59.1 cm³/mol. The quantitative estimate of drug-likeness (QED) is 0.740. The third kappa shape index (κ3) is 4.76. The molecule has 17 heavy (non-hydrogen) atoms. The summed E-state index contributed by atoms with van der Waals surface area (Å²) in [4.78, 5) is 22.2. The van der Waals surface area contributed by atoms with Crippen molar-refractivity contribution in [3.8, 4) is 0 Å². The van der Waals surface area contributed by atoms with Gasteiger partial charge >= 0.3 is 5.97 Å². The van der Waals surface area contributed by atoms with Crippen molar-refractivity contribution in [2.75, 3.05) is 13.2 Å². The van der Waals surface area contributed by atoms with E-state index in [1.165, 1.54) is 6.26 Å². The van der Waals surface area contributed by atoms with Crippen LogP contribution < -0.4 is 5.32 Å². The molecule has 0 spiro atoms. The monoisotopic (exact) mass is 243 g/mol. The Morgan fingerprint density at radius 2 is 2.18 bits per heavy atom. The molecule has 6 nitrogen and oxygen atoms in total. The van der Waals surface area contributed by atoms with Gasteiger partial charge < -0.3 is 19.9 Å². The molecule has 1 amide bonds. The maximum absolute atomic E-state index is 11.7. The molecule has 1 rings (SSSR count). The molecular formula is C11H17NO5. The number of nitrogens with one attached hydrogen (secondary N) is 1. The molecule has 0 atom stereocenters. The number of hydrogen-bond donors (Lipinski definition) is 2. The highest BCUT2D eigenvalue weighted by Crippen LogP contribution is 2.13. The van der Waals surface area contributed by atoms with Gasteiger partial charge in [0.15, 0.2) is 0 Å². The van der Waals surface area contributed by atoms with Crippen molar-refractivity contribution >= 4 is 11.9 Å². The van der Waals surface area contributed by atoms with Gasteiger partial charge in [0.2, 0.25) is 5.76 Å². The van der Waals surface area contributed by atoms with Crippen LogP contribution in [-0.4, -0.2) is 35.7 Å². The first-order chi connectivity index (χ1) is 7.91. The lowest BCUT2D eigenvalue weighted by molar-refractivity contribution is -0.137. The topological polar surface area (TPSA) is 84.9 Å². The first-order valence-corrected chi connectivity index (χ1v) is 5.39. The number of aliphatic carboxylic acids is 1. The number of carboxylic acid groups (broad SMARTS) is 1. The Balaban J connectivity index is 2.48. The van der Waals surface area contributed by atoms with Crippen molar-refractivity contribution in [3.63, 3.8) is 0 Å². The average molecular weight is 243 g/mol. The molecule has 0 fully saturated rings. The smallest absolute Gasteiger partial charge is 0.303 e. The second-order valence-corrected chi connectivity index (χ2v) is 4.43. The van der Waals surface area contributed by atoms with Crippen molar-refractivity contribution < 1.29 is 24.2 Å². The molecule has 0 aromatic carbocycles. The van der Waals surface area contributed by atoms with E-state index in [0.717, 1.165) is 0 Å². The van der Waals surface area contributed by atoms with Crippen molar-refractivity contribution in [1.29, 1.82) is 0 Å². The normalized spacial score (nSPS) is 15.3. The molecule has 0 aromatic rings. The van der Waals surface area contributed by atoms with Gasteiger partial charge in [0.1, 0.15) is 19.5 Å². The van der Waals surface area contributed by atoms with Gasteiger partial charge in [-0.1, -0.05) is 0 Å². The maximum Gasteiger partial charge on any atom is 0.303 e. The van der Waals surface area contributed by atoms with E-state index in [1.54, 1.807) is 13.8 Å². The number of ether oxygens (including phenoxy) is 2. The number of carboxylic acids is 1. The van der Waals surface area contributed by atoms with Crippen LogP contribution in [0.15, 0.2) is 12.0 Å². The molecular weight excluding hydrogens is 226 g/mol. The molecule has 96 valence electrons. The Hall–Kier alpha value is -1.72. The summed E-state index contributed by atoms with van der Waals surface area (Å²) in [6, 6.07) is 0. The summed E-state index contributed by atoms with van der Waals surface area (Å²) in [6.45, 7) is 4.30. The largest absolute Gasteiger partial charge is 0.494 e. The van der Waals surface area contributed by atoms with Crippen molar-refractivity contribution in [3.05, 3.63) is 12.0 Å². The van der Waals surface area contributed by atoms with Crippen molar-refractivity contribution in [1.82, 2.24) is 5.32 Å². The lowest BCUT2D eigenvalue weighted by Gasteiger charge is -2.26. The van der Waals surface area contributed by atoms with Gasteiger partial charge in [-0.2, -0.15) is 0 Å². The summed E-state index contributed by atoms with van der Waals surface area (Å²) >= 11 is 0. The highest BCUT2D eigenvalue weighted by Gasteiger charge is 2.25. The average Bonchev–Trinajstić information content (AvgIpc) is 2.27. The van der Waals surface area contributed by atoms with Crippen LogP contribution in [0.5, 0.6) is 0 Å². The fourth-order valence-corrected chi connectivity index (χ4v) is 1.34. The molecule has 0 aliphatic carbocycles. The Bertz CT molecular complexity index is 335. The number of amides is 1. The molecule has 0 bridgehead atoms. The van der Waals surface area contributed by atoms with Crippen LogP contribution in [0.3, 0.4) is 0 Å². The summed E-state index contributed by atoms with van der Waals surface area (Å²) in [5.74, 6) is -1.15. The van der Waals surface area contributed by atoms with E-state index in [2.05, 4.69) is 5.32 Å². The minimum absolute atomic E-state index is 0.00366. The first kappa shape index (κ1) is 13.3. The Morgan fingerprint density at radius 3 is 2.71 bits per heavy atom. The number of carbonyl (C=O) groups is 2. The zero-order chi connectivity index (χ0) is 12.9. The van der Waals surface area contributed by atoms with E-state index in [-0.39, 0.29) is 18.1 Å². The molecule has 6 heteroatoms. The zero-order valence-electron chi connectivity index (χ0n) is 9.99. The zero-order valence-corrected chi connectivity index (χ0v) is 9.99. The highest BCUT2D eigenvalue weighted by atomic mass is 16.6. The fraction of sp³-hybridized carbons (Fsp3) is 0.636. The molecule has 0 radical (unpaired) electrons. The van der Waals surface area contributed by atoms with Crippen LogP contribution in [0, 0.1) is 0 Å². The van der Waals surface area contributed by atoms with Gasteiger partial charge in [-0.05, 0) is 20.3 Å². The van der Waals surface area contributed by atoms with Crippen LogP contribution in [0.25, 0.3) is 0 Å².